The van der Waals surface area contributed by atoms with Crippen LogP contribution in [0.15, 0.2) is 42.5 Å². The number of nitrogens with zero attached hydrogens (tertiary/aromatic N) is 4. The van der Waals surface area contributed by atoms with Gasteiger partial charge in [0.2, 0.25) is 5.88 Å². The van der Waals surface area contributed by atoms with Crippen LogP contribution in [0, 0.1) is 0 Å². The van der Waals surface area contributed by atoms with Gasteiger partial charge in [-0.1, -0.05) is 23.7 Å². The van der Waals surface area contributed by atoms with Crippen molar-refractivity contribution >= 4 is 34.1 Å². The third-order valence-electron chi connectivity index (χ3n) is 4.98. The number of methoxy groups -OCH3 is 1. The maximum absolute atomic E-state index is 12.9. The molecule has 1 aromatic heterocycles. The highest BCUT2D eigenvalue weighted by Gasteiger charge is 2.24. The van der Waals surface area contributed by atoms with Crippen LogP contribution in [0.5, 0.6) is 5.88 Å². The summed E-state index contributed by atoms with van der Waals surface area (Å²) in [4.78, 5) is 17.0. The Hall–Kier alpha value is -2.73. The molecule has 0 unspecified atom stereocenters. The molecule has 1 aliphatic heterocycles. The molecule has 0 aliphatic carbocycles. The van der Waals surface area contributed by atoms with Gasteiger partial charge in [0.1, 0.15) is 0 Å². The summed E-state index contributed by atoms with van der Waals surface area (Å²) in [5.41, 5.74) is 2.43. The average molecular weight is 385 g/mol. The quantitative estimate of drug-likeness (QED) is 0.695. The summed E-state index contributed by atoms with van der Waals surface area (Å²) in [6.45, 7) is 2.84. The summed E-state index contributed by atoms with van der Waals surface area (Å²) in [5.74, 6) is 0.720. The van der Waals surface area contributed by atoms with Gasteiger partial charge >= 0.3 is 0 Å². The molecule has 3 aromatic rings. The highest BCUT2D eigenvalue weighted by molar-refractivity contribution is 6.33. The van der Waals surface area contributed by atoms with E-state index in [-0.39, 0.29) is 5.91 Å². The summed E-state index contributed by atoms with van der Waals surface area (Å²) in [6, 6.07) is 13.4. The number of aryl methyl sites for hydroxylation is 1. The number of piperazine rings is 1. The average Bonchev–Trinajstić information content (AvgIpc) is 3.02. The minimum atomic E-state index is 0.0281. The van der Waals surface area contributed by atoms with E-state index in [0.717, 1.165) is 34.7 Å². The SMILES string of the molecule is COc1c2ccc(C(=O)N3CCN(c4ccccc4Cl)CC3)cc2nn1C. The number of halogens is 1. The van der Waals surface area contributed by atoms with Crippen molar-refractivity contribution in [3.8, 4) is 5.88 Å². The minimum absolute atomic E-state index is 0.0281. The van der Waals surface area contributed by atoms with Gasteiger partial charge in [-0.2, -0.15) is 5.10 Å². The molecule has 2 aromatic carbocycles. The fourth-order valence-corrected chi connectivity index (χ4v) is 3.85. The largest absolute Gasteiger partial charge is 0.481 e. The van der Waals surface area contributed by atoms with Crippen LogP contribution in [0.2, 0.25) is 5.02 Å². The highest BCUT2D eigenvalue weighted by atomic mass is 35.5. The number of amides is 1. The summed E-state index contributed by atoms with van der Waals surface area (Å²) < 4.78 is 7.05. The molecule has 1 aliphatic rings. The van der Waals surface area contributed by atoms with Gasteiger partial charge in [-0.3, -0.25) is 4.79 Å². The Balaban J connectivity index is 1.49. The van der Waals surface area contributed by atoms with Crippen molar-refractivity contribution in [3.63, 3.8) is 0 Å². The Kier molecular flexibility index (Phi) is 4.66. The molecule has 0 bridgehead atoms. The van der Waals surface area contributed by atoms with Crippen LogP contribution in [0.3, 0.4) is 0 Å². The molecule has 6 nitrogen and oxygen atoms in total. The molecule has 140 valence electrons. The second-order valence-corrected chi connectivity index (χ2v) is 7.00. The van der Waals surface area contributed by atoms with Gasteiger partial charge in [-0.05, 0) is 30.3 Å². The van der Waals surface area contributed by atoms with E-state index >= 15 is 0 Å². The Morgan fingerprint density at radius 2 is 1.85 bits per heavy atom. The molecule has 4 rings (SSSR count). The zero-order chi connectivity index (χ0) is 19.0. The Bertz CT molecular complexity index is 993. The fraction of sp³-hybridized carbons (Fsp3) is 0.300. The smallest absolute Gasteiger partial charge is 0.254 e. The van der Waals surface area contributed by atoms with Crippen molar-refractivity contribution < 1.29 is 9.53 Å². The van der Waals surface area contributed by atoms with Crippen molar-refractivity contribution in [1.82, 2.24) is 14.7 Å². The molecule has 0 saturated carbocycles. The Morgan fingerprint density at radius 3 is 2.56 bits per heavy atom. The third kappa shape index (κ3) is 3.21. The second kappa shape index (κ2) is 7.12. The Labute approximate surface area is 162 Å². The van der Waals surface area contributed by atoms with Crippen LogP contribution in [0.4, 0.5) is 5.69 Å². The van der Waals surface area contributed by atoms with Gasteiger partial charge in [0.05, 0.1) is 28.7 Å². The zero-order valence-corrected chi connectivity index (χ0v) is 16.1. The molecule has 0 spiro atoms. The maximum Gasteiger partial charge on any atom is 0.254 e. The number of rotatable bonds is 3. The van der Waals surface area contributed by atoms with Gasteiger partial charge in [0.25, 0.3) is 5.91 Å². The molecule has 7 heteroatoms. The minimum Gasteiger partial charge on any atom is -0.481 e. The molecule has 27 heavy (non-hydrogen) atoms. The molecular weight excluding hydrogens is 364 g/mol. The molecule has 0 N–H and O–H groups in total. The molecule has 1 saturated heterocycles. The van der Waals surface area contributed by atoms with Crippen molar-refractivity contribution in [2.45, 2.75) is 0 Å². The Morgan fingerprint density at radius 1 is 1.11 bits per heavy atom. The first-order chi connectivity index (χ1) is 13.1. The lowest BCUT2D eigenvalue weighted by Gasteiger charge is -2.36. The summed E-state index contributed by atoms with van der Waals surface area (Å²) >= 11 is 6.29. The summed E-state index contributed by atoms with van der Waals surface area (Å²) in [5, 5.41) is 6.08. The normalized spacial score (nSPS) is 14.6. The van der Waals surface area contributed by atoms with E-state index in [0.29, 0.717) is 24.5 Å². The molecule has 2 heterocycles. The van der Waals surface area contributed by atoms with Crippen LogP contribution in [-0.4, -0.2) is 53.9 Å². The van der Waals surface area contributed by atoms with Crippen LogP contribution in [0.1, 0.15) is 10.4 Å². The van der Waals surface area contributed by atoms with Crippen molar-refractivity contribution in [2.75, 3.05) is 38.2 Å². The van der Waals surface area contributed by atoms with Crippen molar-refractivity contribution in [3.05, 3.63) is 53.1 Å². The van der Waals surface area contributed by atoms with Crippen LogP contribution in [0.25, 0.3) is 10.9 Å². The number of hydrogen-bond donors (Lipinski definition) is 0. The van der Waals surface area contributed by atoms with Gasteiger partial charge in [-0.15, -0.1) is 0 Å². The summed E-state index contributed by atoms with van der Waals surface area (Å²) in [7, 11) is 3.45. The van der Waals surface area contributed by atoms with E-state index in [2.05, 4.69) is 10.00 Å². The molecule has 1 amide bonds. The van der Waals surface area contributed by atoms with Crippen LogP contribution in [-0.2, 0) is 7.05 Å². The van der Waals surface area contributed by atoms with Crippen molar-refractivity contribution in [2.24, 2.45) is 7.05 Å². The van der Waals surface area contributed by atoms with E-state index in [1.807, 2.05) is 54.4 Å². The number of benzene rings is 2. The number of fused-ring (bicyclic) bond motifs is 1. The standard InChI is InChI=1S/C20H21ClN4O2/c1-23-20(27-2)15-8-7-14(13-17(15)22-23)19(26)25-11-9-24(10-12-25)18-6-4-3-5-16(18)21/h3-8,13H,9-12H2,1-2H3. The first-order valence-electron chi connectivity index (χ1n) is 8.88. The number of carbonyl (C=O) groups excluding carboxylic acids is 1. The molecule has 0 radical (unpaired) electrons. The van der Waals surface area contributed by atoms with E-state index in [4.69, 9.17) is 16.3 Å². The lowest BCUT2D eigenvalue weighted by molar-refractivity contribution is 0.0747. The van der Waals surface area contributed by atoms with E-state index < -0.39 is 0 Å². The van der Waals surface area contributed by atoms with Crippen molar-refractivity contribution in [1.29, 1.82) is 0 Å². The number of aromatic nitrogens is 2. The van der Waals surface area contributed by atoms with Crippen LogP contribution >= 0.6 is 11.6 Å². The first-order valence-corrected chi connectivity index (χ1v) is 9.26. The van der Waals surface area contributed by atoms with Crippen LogP contribution < -0.4 is 9.64 Å². The number of hydrogen-bond acceptors (Lipinski definition) is 4. The topological polar surface area (TPSA) is 50.6 Å². The number of carbonyl (C=O) groups is 1. The lowest BCUT2D eigenvalue weighted by atomic mass is 10.1. The number of para-hydroxylation sites is 1. The summed E-state index contributed by atoms with van der Waals surface area (Å²) in [6.07, 6.45) is 0. The lowest BCUT2D eigenvalue weighted by Crippen LogP contribution is -2.48. The van der Waals surface area contributed by atoms with E-state index in [1.165, 1.54) is 0 Å². The van der Waals surface area contributed by atoms with E-state index in [1.54, 1.807) is 11.8 Å². The van der Waals surface area contributed by atoms with Gasteiger partial charge < -0.3 is 14.5 Å². The first kappa shape index (κ1) is 17.7. The maximum atomic E-state index is 12.9. The number of ether oxygens (including phenoxy) is 1. The van der Waals surface area contributed by atoms with Gasteiger partial charge in [0, 0.05) is 38.8 Å². The molecule has 0 atom stereocenters. The zero-order valence-electron chi connectivity index (χ0n) is 15.4. The fourth-order valence-electron chi connectivity index (χ4n) is 3.59. The molecule has 1 fully saturated rings. The predicted octanol–water partition coefficient (Wildman–Crippen LogP) is 3.20. The number of anilines is 1. The third-order valence-corrected chi connectivity index (χ3v) is 5.30. The predicted molar refractivity (Wildman–Crippen MR) is 107 cm³/mol. The monoisotopic (exact) mass is 384 g/mol. The highest BCUT2D eigenvalue weighted by Crippen LogP contribution is 2.28. The van der Waals surface area contributed by atoms with E-state index in [9.17, 15) is 4.79 Å². The molecular formula is C20H21ClN4O2. The van der Waals surface area contributed by atoms with Gasteiger partial charge in [0.15, 0.2) is 0 Å². The van der Waals surface area contributed by atoms with Gasteiger partial charge in [-0.25, -0.2) is 4.68 Å². The second-order valence-electron chi connectivity index (χ2n) is 6.60.